The summed E-state index contributed by atoms with van der Waals surface area (Å²) >= 11 is 0. The molecule has 0 amide bonds. The van der Waals surface area contributed by atoms with Gasteiger partial charge in [0.05, 0.1) is 11.0 Å². The van der Waals surface area contributed by atoms with Crippen molar-refractivity contribution in [2.75, 3.05) is 51.6 Å². The number of sulfone groups is 1. The second-order valence-corrected chi connectivity index (χ2v) is 8.28. The van der Waals surface area contributed by atoms with Gasteiger partial charge >= 0.3 is 0 Å². The molecule has 0 aromatic heterocycles. The second-order valence-electron chi connectivity index (χ2n) is 5.61. The van der Waals surface area contributed by atoms with Crippen molar-refractivity contribution in [3.63, 3.8) is 0 Å². The number of hydrogen-bond acceptors (Lipinski definition) is 5. The van der Waals surface area contributed by atoms with Gasteiger partial charge in [-0.05, 0) is 13.8 Å². The maximum Gasteiger partial charge on any atom is 0.153 e. The average Bonchev–Trinajstić information content (AvgIpc) is 2.26. The van der Waals surface area contributed by atoms with Gasteiger partial charge in [0.25, 0.3) is 0 Å². The van der Waals surface area contributed by atoms with Gasteiger partial charge in [-0.25, -0.2) is 8.42 Å². The number of hydrogen-bond donors (Lipinski definition) is 1. The highest BCUT2D eigenvalue weighted by Gasteiger charge is 2.28. The van der Waals surface area contributed by atoms with E-state index < -0.39 is 9.84 Å². The molecule has 0 aromatic rings. The molecule has 106 valence electrons. The molecule has 0 aliphatic carbocycles. The first-order valence-electron chi connectivity index (χ1n) is 6.88. The first-order chi connectivity index (χ1) is 8.49. The Morgan fingerprint density at radius 1 is 1.17 bits per heavy atom. The Morgan fingerprint density at radius 3 is 2.22 bits per heavy atom. The fourth-order valence-electron chi connectivity index (χ4n) is 2.38. The molecule has 2 heterocycles. The zero-order valence-electron chi connectivity index (χ0n) is 11.4. The van der Waals surface area contributed by atoms with E-state index in [4.69, 9.17) is 0 Å². The summed E-state index contributed by atoms with van der Waals surface area (Å²) in [5.74, 6) is 0.301. The summed E-state index contributed by atoms with van der Waals surface area (Å²) < 4.78 is 23.5. The van der Waals surface area contributed by atoms with Crippen LogP contribution in [0.3, 0.4) is 0 Å². The molecular formula is C12H25N3O2S. The molecule has 18 heavy (non-hydrogen) atoms. The van der Waals surface area contributed by atoms with E-state index in [0.717, 1.165) is 39.3 Å². The predicted molar refractivity (Wildman–Crippen MR) is 73.6 cm³/mol. The van der Waals surface area contributed by atoms with Gasteiger partial charge in [0, 0.05) is 51.9 Å². The van der Waals surface area contributed by atoms with Crippen molar-refractivity contribution in [3.8, 4) is 0 Å². The summed E-state index contributed by atoms with van der Waals surface area (Å²) in [6.07, 6.45) is 0. The number of rotatable bonds is 5. The van der Waals surface area contributed by atoms with Crippen molar-refractivity contribution >= 4 is 9.84 Å². The normalized spacial score (nSPS) is 24.4. The van der Waals surface area contributed by atoms with Crippen molar-refractivity contribution in [2.45, 2.75) is 25.1 Å². The van der Waals surface area contributed by atoms with Crippen molar-refractivity contribution in [1.29, 1.82) is 0 Å². The minimum Gasteiger partial charge on any atom is -0.314 e. The van der Waals surface area contributed by atoms with Crippen molar-refractivity contribution < 1.29 is 8.42 Å². The van der Waals surface area contributed by atoms with E-state index in [9.17, 15) is 8.42 Å². The summed E-state index contributed by atoms with van der Waals surface area (Å²) in [6, 6.07) is 0.714. The summed E-state index contributed by atoms with van der Waals surface area (Å²) in [5, 5.41) is 3.04. The fraction of sp³-hybridized carbons (Fsp3) is 1.00. The van der Waals surface area contributed by atoms with Crippen molar-refractivity contribution in [2.24, 2.45) is 0 Å². The highest BCUT2D eigenvalue weighted by Crippen LogP contribution is 2.10. The monoisotopic (exact) mass is 275 g/mol. The largest absolute Gasteiger partial charge is 0.314 e. The van der Waals surface area contributed by atoms with E-state index in [2.05, 4.69) is 15.1 Å². The summed E-state index contributed by atoms with van der Waals surface area (Å²) in [7, 11) is -2.89. The second kappa shape index (κ2) is 5.86. The van der Waals surface area contributed by atoms with E-state index in [-0.39, 0.29) is 5.25 Å². The number of nitrogens with one attached hydrogen (secondary N) is 1. The third kappa shape index (κ3) is 3.44. The molecule has 2 fully saturated rings. The van der Waals surface area contributed by atoms with Gasteiger partial charge in [-0.2, -0.15) is 0 Å². The van der Waals surface area contributed by atoms with E-state index in [1.54, 1.807) is 13.8 Å². The topological polar surface area (TPSA) is 52.7 Å². The van der Waals surface area contributed by atoms with Crippen molar-refractivity contribution in [3.05, 3.63) is 0 Å². The van der Waals surface area contributed by atoms with Crippen LogP contribution < -0.4 is 5.32 Å². The lowest BCUT2D eigenvalue weighted by atomic mass is 10.1. The molecule has 6 heteroatoms. The molecule has 0 bridgehead atoms. The fourth-order valence-corrected chi connectivity index (χ4v) is 3.36. The minimum absolute atomic E-state index is 0.250. The number of piperazine rings is 1. The highest BCUT2D eigenvalue weighted by atomic mass is 32.2. The van der Waals surface area contributed by atoms with Gasteiger partial charge < -0.3 is 5.32 Å². The van der Waals surface area contributed by atoms with Crippen LogP contribution in [0.5, 0.6) is 0 Å². The molecule has 0 aromatic carbocycles. The number of nitrogens with zero attached hydrogens (tertiary/aromatic N) is 2. The van der Waals surface area contributed by atoms with E-state index in [1.807, 2.05) is 0 Å². The Morgan fingerprint density at radius 2 is 1.78 bits per heavy atom. The predicted octanol–water partition coefficient (Wildman–Crippen LogP) is -0.601. The van der Waals surface area contributed by atoms with Crippen LogP contribution in [0.4, 0.5) is 0 Å². The quantitative estimate of drug-likeness (QED) is 0.726. The van der Waals surface area contributed by atoms with Gasteiger partial charge in [0.1, 0.15) is 0 Å². The van der Waals surface area contributed by atoms with Gasteiger partial charge in [-0.15, -0.1) is 0 Å². The maximum absolute atomic E-state index is 11.8. The summed E-state index contributed by atoms with van der Waals surface area (Å²) in [4.78, 5) is 4.80. The lowest BCUT2D eigenvalue weighted by Crippen LogP contribution is -2.61. The van der Waals surface area contributed by atoms with E-state index >= 15 is 0 Å². The zero-order chi connectivity index (χ0) is 13.2. The Bertz CT molecular complexity index is 358. The van der Waals surface area contributed by atoms with Crippen molar-refractivity contribution in [1.82, 2.24) is 15.1 Å². The Kier molecular flexibility index (Phi) is 4.64. The molecule has 0 saturated carbocycles. The van der Waals surface area contributed by atoms with E-state index in [1.165, 1.54) is 0 Å². The summed E-state index contributed by atoms with van der Waals surface area (Å²) in [5.41, 5.74) is 0. The van der Waals surface area contributed by atoms with Crippen LogP contribution in [0.2, 0.25) is 0 Å². The van der Waals surface area contributed by atoms with Crippen LogP contribution in [-0.4, -0.2) is 81.1 Å². The van der Waals surface area contributed by atoms with Gasteiger partial charge in [-0.1, -0.05) is 0 Å². The first-order valence-corrected chi connectivity index (χ1v) is 8.59. The Labute approximate surface area is 110 Å². The zero-order valence-corrected chi connectivity index (χ0v) is 12.2. The maximum atomic E-state index is 11.8. The lowest BCUT2D eigenvalue weighted by molar-refractivity contribution is 0.0757. The third-order valence-corrected chi connectivity index (χ3v) is 6.28. The average molecular weight is 275 g/mol. The molecule has 0 radical (unpaired) electrons. The molecule has 2 aliphatic rings. The minimum atomic E-state index is -2.89. The smallest absolute Gasteiger partial charge is 0.153 e. The van der Waals surface area contributed by atoms with Gasteiger partial charge in [-0.3, -0.25) is 9.80 Å². The standard InChI is InChI=1S/C12H25N3O2S/c1-11(2)18(16,17)8-7-14-3-5-15(6-4-14)12-9-13-10-12/h11-13H,3-10H2,1-2H3. The van der Waals surface area contributed by atoms with Crippen LogP contribution in [0.1, 0.15) is 13.8 Å². The molecule has 5 nitrogen and oxygen atoms in total. The molecule has 1 N–H and O–H groups in total. The molecule has 2 aliphatic heterocycles. The van der Waals surface area contributed by atoms with Crippen LogP contribution in [0.15, 0.2) is 0 Å². The molecule has 2 saturated heterocycles. The molecule has 0 spiro atoms. The molecule has 0 atom stereocenters. The Hall–Kier alpha value is -0.170. The van der Waals surface area contributed by atoms with Crippen LogP contribution in [0.25, 0.3) is 0 Å². The molecule has 0 unspecified atom stereocenters. The molecule has 2 rings (SSSR count). The lowest BCUT2D eigenvalue weighted by Gasteiger charge is -2.43. The SMILES string of the molecule is CC(C)S(=O)(=O)CCN1CCN(C2CNC2)CC1. The van der Waals surface area contributed by atoms with Crippen LogP contribution in [-0.2, 0) is 9.84 Å². The van der Waals surface area contributed by atoms with Crippen LogP contribution in [0, 0.1) is 0 Å². The molecular weight excluding hydrogens is 250 g/mol. The third-order valence-electron chi connectivity index (χ3n) is 4.09. The van der Waals surface area contributed by atoms with Crippen LogP contribution >= 0.6 is 0 Å². The van der Waals surface area contributed by atoms with Gasteiger partial charge in [0.2, 0.25) is 0 Å². The first kappa shape index (κ1) is 14.2. The van der Waals surface area contributed by atoms with E-state index in [0.29, 0.717) is 18.3 Å². The Balaban J connectivity index is 1.70. The summed E-state index contributed by atoms with van der Waals surface area (Å²) in [6.45, 7) is 10.6. The highest BCUT2D eigenvalue weighted by molar-refractivity contribution is 7.92. The van der Waals surface area contributed by atoms with Gasteiger partial charge in [0.15, 0.2) is 9.84 Å².